The molecular weight excluding hydrogens is 602 g/mol. The molecule has 3 aliphatic heterocycles. The Bertz CT molecular complexity index is 1730. The van der Waals surface area contributed by atoms with E-state index in [0.29, 0.717) is 28.9 Å². The van der Waals surface area contributed by atoms with E-state index >= 15 is 0 Å². The number of rotatable bonds is 6. The van der Waals surface area contributed by atoms with Crippen molar-refractivity contribution in [3.8, 4) is 6.07 Å². The van der Waals surface area contributed by atoms with Gasteiger partial charge in [-0.05, 0) is 37.7 Å². The molecule has 0 bridgehead atoms. The molecule has 0 aliphatic carbocycles. The van der Waals surface area contributed by atoms with Crippen molar-refractivity contribution in [2.75, 3.05) is 39.8 Å². The largest absolute Gasteiger partial charge is 0.345 e. The number of nitrogens with one attached hydrogen (secondary N) is 1. The van der Waals surface area contributed by atoms with Crippen molar-refractivity contribution < 1.29 is 22.8 Å². The normalized spacial score (nSPS) is 22.1. The van der Waals surface area contributed by atoms with Crippen LogP contribution in [0.4, 0.5) is 0 Å². The van der Waals surface area contributed by atoms with Gasteiger partial charge in [0.15, 0.2) is 5.01 Å². The molecule has 6 rings (SSSR count). The monoisotopic (exact) mass is 629 g/mol. The topological polar surface area (TPSA) is 151 Å². The standard InChI is InChI=1S/C27H28ClN7O5S2/c1-32-8-7-20-25(21(32)14-29)41-26(31-20)27(38)34-11-10-33(15-18(34)6-9-35-23(36)4-5-24(35)37)42(39,40)22-13-16-12-17(28)2-3-19(16)30-22/h2-3,12-13,18,21,30H,4-11,15H2,1H3. The zero-order chi connectivity index (χ0) is 29.8. The van der Waals surface area contributed by atoms with E-state index in [-0.39, 0.29) is 73.2 Å². The Morgan fingerprint density at radius 2 is 1.93 bits per heavy atom. The minimum absolute atomic E-state index is 0.0162. The smallest absolute Gasteiger partial charge is 0.283 e. The molecular formula is C27H28ClN7O5S2. The molecule has 5 heterocycles. The Hall–Kier alpha value is -3.35. The summed E-state index contributed by atoms with van der Waals surface area (Å²) >= 11 is 7.28. The zero-order valence-corrected chi connectivity index (χ0v) is 25.1. The molecule has 42 heavy (non-hydrogen) atoms. The third-order valence-corrected chi connectivity index (χ3v) is 11.3. The summed E-state index contributed by atoms with van der Waals surface area (Å²) in [6, 6.07) is 7.78. The number of likely N-dealkylation sites (N-methyl/N-ethyl adjacent to an activating group) is 1. The number of thiazole rings is 1. The summed E-state index contributed by atoms with van der Waals surface area (Å²) in [4.78, 5) is 51.4. The Kier molecular flexibility index (Phi) is 7.57. The minimum Gasteiger partial charge on any atom is -0.345 e. The first-order chi connectivity index (χ1) is 20.1. The molecule has 2 unspecified atom stereocenters. The number of halogens is 1. The molecule has 0 spiro atoms. The molecule has 2 fully saturated rings. The van der Waals surface area contributed by atoms with E-state index in [1.54, 1.807) is 23.1 Å². The van der Waals surface area contributed by atoms with Crippen LogP contribution in [-0.2, 0) is 26.0 Å². The number of sulfonamides is 1. The summed E-state index contributed by atoms with van der Waals surface area (Å²) < 4.78 is 28.8. The molecule has 1 aromatic carbocycles. The van der Waals surface area contributed by atoms with Gasteiger partial charge in [0.25, 0.3) is 15.9 Å². The van der Waals surface area contributed by atoms with Crippen molar-refractivity contribution >= 4 is 61.6 Å². The summed E-state index contributed by atoms with van der Waals surface area (Å²) in [5.74, 6) is -0.890. The van der Waals surface area contributed by atoms with Crippen LogP contribution in [0.2, 0.25) is 5.02 Å². The average molecular weight is 630 g/mol. The maximum absolute atomic E-state index is 13.8. The van der Waals surface area contributed by atoms with Gasteiger partial charge in [-0.2, -0.15) is 9.57 Å². The lowest BCUT2D eigenvalue weighted by molar-refractivity contribution is -0.138. The second-order valence-corrected chi connectivity index (χ2v) is 14.1. The highest BCUT2D eigenvalue weighted by atomic mass is 35.5. The SMILES string of the molecule is CN1CCc2nc(C(=O)N3CCN(S(=O)(=O)c4cc5cc(Cl)ccc5[nH]4)CC3CCN3C(=O)CCC3=O)sc2C1C#N. The number of aromatic amines is 1. The highest BCUT2D eigenvalue weighted by Gasteiger charge is 2.40. The molecule has 3 aromatic rings. The van der Waals surface area contributed by atoms with Crippen molar-refractivity contribution in [1.82, 2.24) is 29.0 Å². The highest BCUT2D eigenvalue weighted by Crippen LogP contribution is 2.34. The molecule has 0 radical (unpaired) electrons. The van der Waals surface area contributed by atoms with Gasteiger partial charge in [0, 0.05) is 74.0 Å². The Morgan fingerprint density at radius 1 is 1.17 bits per heavy atom. The fourth-order valence-corrected chi connectivity index (χ4v) is 8.65. The number of aromatic nitrogens is 2. The number of nitrogens with zero attached hydrogens (tertiary/aromatic N) is 6. The number of carbonyl (C=O) groups excluding carboxylic acids is 3. The maximum Gasteiger partial charge on any atom is 0.283 e. The summed E-state index contributed by atoms with van der Waals surface area (Å²) in [5.41, 5.74) is 1.36. The van der Waals surface area contributed by atoms with Gasteiger partial charge in [-0.3, -0.25) is 24.2 Å². The van der Waals surface area contributed by atoms with Gasteiger partial charge in [-0.25, -0.2) is 13.4 Å². The number of likely N-dealkylation sites (tertiary alicyclic amines) is 1. The lowest BCUT2D eigenvalue weighted by Crippen LogP contribution is -2.57. The third kappa shape index (κ3) is 5.09. The first-order valence-electron chi connectivity index (χ1n) is 13.6. The van der Waals surface area contributed by atoms with Gasteiger partial charge in [0.05, 0.1) is 16.6 Å². The predicted molar refractivity (Wildman–Crippen MR) is 154 cm³/mol. The second kappa shape index (κ2) is 11.1. The van der Waals surface area contributed by atoms with Crippen molar-refractivity contribution in [2.24, 2.45) is 0 Å². The minimum atomic E-state index is -3.97. The van der Waals surface area contributed by atoms with Gasteiger partial charge >= 0.3 is 0 Å². The van der Waals surface area contributed by atoms with Crippen LogP contribution < -0.4 is 0 Å². The van der Waals surface area contributed by atoms with E-state index in [1.165, 1.54) is 26.6 Å². The fraction of sp³-hybridized carbons (Fsp3) is 0.444. The van der Waals surface area contributed by atoms with E-state index in [0.717, 1.165) is 10.6 Å². The first kappa shape index (κ1) is 28.8. The van der Waals surface area contributed by atoms with E-state index < -0.39 is 22.1 Å². The van der Waals surface area contributed by atoms with Crippen LogP contribution in [0.15, 0.2) is 29.3 Å². The molecule has 1 N–H and O–H groups in total. The predicted octanol–water partition coefficient (Wildman–Crippen LogP) is 2.38. The van der Waals surface area contributed by atoms with Gasteiger partial charge in [0.1, 0.15) is 11.1 Å². The lowest BCUT2D eigenvalue weighted by atomic mass is 10.1. The highest BCUT2D eigenvalue weighted by molar-refractivity contribution is 7.89. The number of imide groups is 1. The lowest BCUT2D eigenvalue weighted by Gasteiger charge is -2.40. The molecule has 220 valence electrons. The molecule has 2 atom stereocenters. The number of piperazine rings is 1. The molecule has 3 amide bonds. The van der Waals surface area contributed by atoms with Crippen molar-refractivity contribution in [1.29, 1.82) is 5.26 Å². The molecule has 12 nitrogen and oxygen atoms in total. The van der Waals surface area contributed by atoms with E-state index in [1.807, 2.05) is 11.9 Å². The second-order valence-electron chi connectivity index (χ2n) is 10.7. The summed E-state index contributed by atoms with van der Waals surface area (Å²) in [6.07, 6.45) is 1.14. The number of nitriles is 1. The van der Waals surface area contributed by atoms with Crippen LogP contribution >= 0.6 is 22.9 Å². The van der Waals surface area contributed by atoms with E-state index in [2.05, 4.69) is 16.0 Å². The Balaban J connectivity index is 1.28. The third-order valence-electron chi connectivity index (χ3n) is 8.15. The number of hydrogen-bond acceptors (Lipinski definition) is 9. The van der Waals surface area contributed by atoms with Crippen LogP contribution in [0.3, 0.4) is 0 Å². The number of hydrogen-bond donors (Lipinski definition) is 1. The number of benzene rings is 1. The number of H-pyrrole nitrogens is 1. The fourth-order valence-electron chi connectivity index (χ4n) is 5.80. The zero-order valence-electron chi connectivity index (χ0n) is 22.7. The van der Waals surface area contributed by atoms with Crippen molar-refractivity contribution in [3.63, 3.8) is 0 Å². The summed E-state index contributed by atoms with van der Waals surface area (Å²) in [7, 11) is -2.11. The van der Waals surface area contributed by atoms with Crippen molar-refractivity contribution in [3.05, 3.63) is 44.9 Å². The maximum atomic E-state index is 13.8. The summed E-state index contributed by atoms with van der Waals surface area (Å²) in [5, 5.41) is 11.1. The van der Waals surface area contributed by atoms with Gasteiger partial charge < -0.3 is 9.88 Å². The number of fused-ring (bicyclic) bond motifs is 2. The quantitative estimate of drug-likeness (QED) is 0.408. The Labute approximate surface area is 251 Å². The van der Waals surface area contributed by atoms with E-state index in [9.17, 15) is 28.1 Å². The Morgan fingerprint density at radius 3 is 2.67 bits per heavy atom. The average Bonchev–Trinajstić information content (AvgIpc) is 3.68. The van der Waals surface area contributed by atoms with Crippen LogP contribution in [-0.4, -0.2) is 101 Å². The van der Waals surface area contributed by atoms with Crippen molar-refractivity contribution in [2.45, 2.75) is 42.8 Å². The van der Waals surface area contributed by atoms with Gasteiger partial charge in [0.2, 0.25) is 11.8 Å². The van der Waals surface area contributed by atoms with E-state index in [4.69, 9.17) is 11.6 Å². The first-order valence-corrected chi connectivity index (χ1v) is 16.2. The molecule has 3 aliphatic rings. The van der Waals surface area contributed by atoms with Crippen LogP contribution in [0.1, 0.15) is 45.7 Å². The molecule has 15 heteroatoms. The number of amides is 3. The summed E-state index contributed by atoms with van der Waals surface area (Å²) in [6.45, 7) is 0.870. The van der Waals surface area contributed by atoms with Crippen LogP contribution in [0, 0.1) is 11.3 Å². The molecule has 2 saturated heterocycles. The van der Waals surface area contributed by atoms with Gasteiger partial charge in [-0.1, -0.05) is 11.6 Å². The van der Waals surface area contributed by atoms with Crippen LogP contribution in [0.25, 0.3) is 10.9 Å². The van der Waals surface area contributed by atoms with Gasteiger partial charge in [-0.15, -0.1) is 11.3 Å². The number of carbonyl (C=O) groups is 3. The van der Waals surface area contributed by atoms with Crippen LogP contribution in [0.5, 0.6) is 0 Å². The molecule has 2 aromatic heterocycles. The molecule has 0 saturated carbocycles.